The molecule has 0 bridgehead atoms. The van der Waals surface area contributed by atoms with Gasteiger partial charge in [0.15, 0.2) is 0 Å². The maximum Gasteiger partial charge on any atom is 0.339 e. The summed E-state index contributed by atoms with van der Waals surface area (Å²) in [6, 6.07) is 12.9. The van der Waals surface area contributed by atoms with Crippen LogP contribution in [-0.4, -0.2) is 23.0 Å². The largest absolute Gasteiger partial charge is 0.465 e. The van der Waals surface area contributed by atoms with Gasteiger partial charge in [-0.25, -0.2) is 9.78 Å². The Kier molecular flexibility index (Phi) is 6.49. The SMILES string of the molecule is COC(=O)c1cc(Nc2ncc(C)c(NCc3ccc(Cl)cc3)n2)ccc1Br. The second kappa shape index (κ2) is 9.03. The van der Waals surface area contributed by atoms with Crippen molar-refractivity contribution in [2.45, 2.75) is 13.5 Å². The number of esters is 1. The van der Waals surface area contributed by atoms with E-state index < -0.39 is 5.97 Å². The van der Waals surface area contributed by atoms with Crippen LogP contribution in [0.25, 0.3) is 0 Å². The zero-order valence-corrected chi connectivity index (χ0v) is 17.6. The van der Waals surface area contributed by atoms with Crippen molar-refractivity contribution in [2.75, 3.05) is 17.7 Å². The van der Waals surface area contributed by atoms with Gasteiger partial charge in [0.05, 0.1) is 12.7 Å². The number of hydrogen-bond acceptors (Lipinski definition) is 6. The highest BCUT2D eigenvalue weighted by Gasteiger charge is 2.12. The Morgan fingerprint density at radius 1 is 1.21 bits per heavy atom. The number of rotatable bonds is 6. The van der Waals surface area contributed by atoms with Crippen molar-refractivity contribution in [3.8, 4) is 0 Å². The van der Waals surface area contributed by atoms with Gasteiger partial charge in [0.25, 0.3) is 0 Å². The molecule has 0 amide bonds. The molecule has 0 radical (unpaired) electrons. The number of hydrogen-bond donors (Lipinski definition) is 2. The summed E-state index contributed by atoms with van der Waals surface area (Å²) in [5.74, 6) is 0.714. The van der Waals surface area contributed by atoms with Gasteiger partial charge >= 0.3 is 5.97 Å². The second-order valence-corrected chi connectivity index (χ2v) is 7.31. The Hall–Kier alpha value is -2.64. The Bertz CT molecular complexity index is 996. The van der Waals surface area contributed by atoms with Crippen LogP contribution in [0.15, 0.2) is 53.1 Å². The van der Waals surface area contributed by atoms with E-state index in [1.165, 1.54) is 7.11 Å². The highest BCUT2D eigenvalue weighted by Crippen LogP contribution is 2.24. The molecule has 2 N–H and O–H groups in total. The molecule has 0 fully saturated rings. The van der Waals surface area contributed by atoms with E-state index in [-0.39, 0.29) is 0 Å². The lowest BCUT2D eigenvalue weighted by molar-refractivity contribution is 0.0599. The fourth-order valence-corrected chi connectivity index (χ4v) is 3.00. The van der Waals surface area contributed by atoms with Crippen molar-refractivity contribution >= 4 is 51.0 Å². The third-order valence-corrected chi connectivity index (χ3v) is 4.92. The summed E-state index contributed by atoms with van der Waals surface area (Å²) < 4.78 is 5.45. The number of aryl methyl sites for hydroxylation is 1. The molecule has 6 nitrogen and oxygen atoms in total. The molecular formula is C20H18BrClN4O2. The third-order valence-electron chi connectivity index (χ3n) is 3.97. The maximum absolute atomic E-state index is 11.8. The first-order valence-corrected chi connectivity index (χ1v) is 9.60. The van der Waals surface area contributed by atoms with Gasteiger partial charge in [-0.05, 0) is 58.7 Å². The van der Waals surface area contributed by atoms with Gasteiger partial charge in [0.2, 0.25) is 5.95 Å². The van der Waals surface area contributed by atoms with Crippen LogP contribution in [0, 0.1) is 6.92 Å². The molecule has 0 saturated heterocycles. The van der Waals surface area contributed by atoms with Crippen LogP contribution in [0.1, 0.15) is 21.5 Å². The third kappa shape index (κ3) is 4.99. The number of halogens is 2. The van der Waals surface area contributed by atoms with E-state index >= 15 is 0 Å². The average Bonchev–Trinajstić information content (AvgIpc) is 2.70. The Labute approximate surface area is 176 Å². The number of anilines is 3. The molecule has 0 unspecified atom stereocenters. The summed E-state index contributed by atoms with van der Waals surface area (Å²) in [5.41, 5.74) is 3.11. The van der Waals surface area contributed by atoms with Crippen LogP contribution in [0.4, 0.5) is 17.5 Å². The summed E-state index contributed by atoms with van der Waals surface area (Å²) >= 11 is 9.27. The number of nitrogens with zero attached hydrogens (tertiary/aromatic N) is 2. The number of nitrogens with one attached hydrogen (secondary N) is 2. The molecule has 3 rings (SSSR count). The van der Waals surface area contributed by atoms with Crippen molar-refractivity contribution < 1.29 is 9.53 Å². The fourth-order valence-electron chi connectivity index (χ4n) is 2.47. The summed E-state index contributed by atoms with van der Waals surface area (Å²) in [4.78, 5) is 20.7. The zero-order chi connectivity index (χ0) is 20.1. The smallest absolute Gasteiger partial charge is 0.339 e. The van der Waals surface area contributed by atoms with Crippen LogP contribution in [0.2, 0.25) is 5.02 Å². The molecule has 0 aliphatic rings. The summed E-state index contributed by atoms with van der Waals surface area (Å²) in [7, 11) is 1.34. The van der Waals surface area contributed by atoms with Crippen molar-refractivity contribution in [2.24, 2.45) is 0 Å². The lowest BCUT2D eigenvalue weighted by Crippen LogP contribution is -2.07. The normalized spacial score (nSPS) is 10.4. The van der Waals surface area contributed by atoms with Gasteiger partial charge < -0.3 is 15.4 Å². The van der Waals surface area contributed by atoms with Gasteiger partial charge in [-0.1, -0.05) is 23.7 Å². The van der Waals surface area contributed by atoms with E-state index in [1.807, 2.05) is 37.3 Å². The molecule has 1 heterocycles. The Morgan fingerprint density at radius 3 is 2.68 bits per heavy atom. The van der Waals surface area contributed by atoms with E-state index in [9.17, 15) is 4.79 Å². The predicted octanol–water partition coefficient (Wildman–Crippen LogP) is 5.34. The molecule has 0 aliphatic heterocycles. The first-order valence-electron chi connectivity index (χ1n) is 8.43. The van der Waals surface area contributed by atoms with Crippen LogP contribution in [-0.2, 0) is 11.3 Å². The molecule has 144 valence electrons. The van der Waals surface area contributed by atoms with Crippen molar-refractivity contribution in [3.63, 3.8) is 0 Å². The maximum atomic E-state index is 11.8. The van der Waals surface area contributed by atoms with E-state index in [1.54, 1.807) is 18.3 Å². The average molecular weight is 462 g/mol. The standard InChI is InChI=1S/C20H18BrClN4O2/c1-12-10-24-20(25-15-7-8-17(21)16(9-15)19(27)28-2)26-18(12)23-11-13-3-5-14(22)6-4-13/h3-10H,11H2,1-2H3,(H2,23,24,25,26). The topological polar surface area (TPSA) is 76.1 Å². The van der Waals surface area contributed by atoms with Crippen LogP contribution < -0.4 is 10.6 Å². The molecule has 1 aromatic heterocycles. The summed E-state index contributed by atoms with van der Waals surface area (Å²) in [6.45, 7) is 2.54. The predicted molar refractivity (Wildman–Crippen MR) is 114 cm³/mol. The van der Waals surface area contributed by atoms with Gasteiger partial charge in [0, 0.05) is 33.5 Å². The van der Waals surface area contributed by atoms with Crippen LogP contribution in [0.3, 0.4) is 0 Å². The number of aromatic nitrogens is 2. The monoisotopic (exact) mass is 460 g/mol. The van der Waals surface area contributed by atoms with Crippen molar-refractivity contribution in [1.29, 1.82) is 0 Å². The molecule has 2 aromatic carbocycles. The van der Waals surface area contributed by atoms with Crippen molar-refractivity contribution in [3.05, 3.63) is 74.8 Å². The number of ether oxygens (including phenoxy) is 1. The minimum atomic E-state index is -0.425. The highest BCUT2D eigenvalue weighted by molar-refractivity contribution is 9.10. The molecule has 0 spiro atoms. The van der Waals surface area contributed by atoms with Gasteiger partial charge in [-0.15, -0.1) is 0 Å². The lowest BCUT2D eigenvalue weighted by Gasteiger charge is -2.12. The first kappa shape index (κ1) is 20.1. The van der Waals surface area contributed by atoms with Crippen LogP contribution in [0.5, 0.6) is 0 Å². The number of methoxy groups -OCH3 is 1. The molecule has 3 aromatic rings. The Morgan fingerprint density at radius 2 is 1.96 bits per heavy atom. The lowest BCUT2D eigenvalue weighted by atomic mass is 10.2. The molecular weight excluding hydrogens is 444 g/mol. The molecule has 28 heavy (non-hydrogen) atoms. The van der Waals surface area contributed by atoms with Crippen molar-refractivity contribution in [1.82, 2.24) is 9.97 Å². The number of carbonyl (C=O) groups is 1. The van der Waals surface area contributed by atoms with E-state index in [4.69, 9.17) is 16.3 Å². The van der Waals surface area contributed by atoms with E-state index in [0.717, 1.165) is 16.9 Å². The minimum absolute atomic E-state index is 0.417. The first-order chi connectivity index (χ1) is 13.5. The summed E-state index contributed by atoms with van der Waals surface area (Å²) in [6.07, 6.45) is 1.74. The zero-order valence-electron chi connectivity index (χ0n) is 15.3. The second-order valence-electron chi connectivity index (χ2n) is 6.02. The molecule has 0 saturated carbocycles. The fraction of sp³-hybridized carbons (Fsp3) is 0.150. The Balaban J connectivity index is 1.76. The molecule has 8 heteroatoms. The minimum Gasteiger partial charge on any atom is -0.465 e. The number of carbonyl (C=O) groups excluding carboxylic acids is 1. The van der Waals surface area contributed by atoms with Gasteiger partial charge in [-0.3, -0.25) is 0 Å². The quantitative estimate of drug-likeness (QED) is 0.482. The van der Waals surface area contributed by atoms with E-state index in [0.29, 0.717) is 33.2 Å². The van der Waals surface area contributed by atoms with Gasteiger partial charge in [-0.2, -0.15) is 4.98 Å². The number of benzene rings is 2. The van der Waals surface area contributed by atoms with Crippen LogP contribution >= 0.6 is 27.5 Å². The molecule has 0 atom stereocenters. The van der Waals surface area contributed by atoms with E-state index in [2.05, 4.69) is 36.5 Å². The summed E-state index contributed by atoms with van der Waals surface area (Å²) in [5, 5.41) is 7.13. The van der Waals surface area contributed by atoms with Gasteiger partial charge in [0.1, 0.15) is 5.82 Å². The highest BCUT2D eigenvalue weighted by atomic mass is 79.9. The molecule has 0 aliphatic carbocycles.